The van der Waals surface area contributed by atoms with Crippen molar-refractivity contribution in [2.75, 3.05) is 11.9 Å². The maximum absolute atomic E-state index is 5.97. The highest BCUT2D eigenvalue weighted by molar-refractivity contribution is 6.30. The van der Waals surface area contributed by atoms with Crippen LogP contribution in [-0.2, 0) is 13.1 Å². The normalized spacial score (nSPS) is 10.7. The van der Waals surface area contributed by atoms with Gasteiger partial charge < -0.3 is 15.1 Å². The summed E-state index contributed by atoms with van der Waals surface area (Å²) in [7, 11) is 2.01. The maximum atomic E-state index is 5.97. The van der Waals surface area contributed by atoms with Gasteiger partial charge in [0.25, 0.3) is 0 Å². The molecule has 2 N–H and O–H groups in total. The Labute approximate surface area is 112 Å². The highest BCUT2D eigenvalue weighted by Gasteiger charge is 2.09. The van der Waals surface area contributed by atoms with Gasteiger partial charge in [0.2, 0.25) is 0 Å². The molecule has 1 heterocycles. The summed E-state index contributed by atoms with van der Waals surface area (Å²) >= 11 is 5.97. The van der Waals surface area contributed by atoms with Crippen molar-refractivity contribution in [3.63, 3.8) is 0 Å². The Hall–Kier alpha value is -1.45. The van der Waals surface area contributed by atoms with Crippen LogP contribution >= 0.6 is 11.6 Å². The van der Waals surface area contributed by atoms with E-state index < -0.39 is 0 Å². The molecule has 1 aromatic carbocycles. The Morgan fingerprint density at radius 1 is 1.28 bits per heavy atom. The van der Waals surface area contributed by atoms with Crippen molar-refractivity contribution >= 4 is 17.3 Å². The van der Waals surface area contributed by atoms with Crippen molar-refractivity contribution in [1.82, 2.24) is 0 Å². The molecule has 0 aliphatic heterocycles. The van der Waals surface area contributed by atoms with Gasteiger partial charge in [0.05, 0.1) is 6.54 Å². The second-order valence-corrected chi connectivity index (χ2v) is 4.78. The largest absolute Gasteiger partial charge is 0.464 e. The third kappa shape index (κ3) is 2.86. The van der Waals surface area contributed by atoms with Gasteiger partial charge in [-0.1, -0.05) is 11.6 Å². The molecule has 0 radical (unpaired) electrons. The summed E-state index contributed by atoms with van der Waals surface area (Å²) in [6.45, 7) is 3.12. The minimum Gasteiger partial charge on any atom is -0.464 e. The van der Waals surface area contributed by atoms with Crippen LogP contribution in [0.2, 0.25) is 5.02 Å². The molecule has 3 nitrogen and oxygen atoms in total. The molecule has 0 atom stereocenters. The lowest BCUT2D eigenvalue weighted by Crippen LogP contribution is -2.18. The molecule has 0 spiro atoms. The summed E-state index contributed by atoms with van der Waals surface area (Å²) < 4.78 is 5.57. The van der Waals surface area contributed by atoms with E-state index in [-0.39, 0.29) is 0 Å². The minimum absolute atomic E-state index is 0.470. The molecule has 2 aromatic rings. The molecule has 4 heteroatoms. The number of hydrogen-bond acceptors (Lipinski definition) is 3. The zero-order chi connectivity index (χ0) is 13.1. The van der Waals surface area contributed by atoms with Gasteiger partial charge in [-0.25, -0.2) is 0 Å². The van der Waals surface area contributed by atoms with E-state index >= 15 is 0 Å². The van der Waals surface area contributed by atoms with Gasteiger partial charge in [0.1, 0.15) is 11.5 Å². The molecule has 0 bridgehead atoms. The van der Waals surface area contributed by atoms with Gasteiger partial charge in [0.15, 0.2) is 0 Å². The Kier molecular flexibility index (Phi) is 3.94. The second kappa shape index (κ2) is 5.46. The zero-order valence-electron chi connectivity index (χ0n) is 10.6. The highest BCUT2D eigenvalue weighted by atomic mass is 35.5. The van der Waals surface area contributed by atoms with E-state index in [1.165, 1.54) is 0 Å². The fourth-order valence-electron chi connectivity index (χ4n) is 1.98. The van der Waals surface area contributed by atoms with Crippen LogP contribution in [0.3, 0.4) is 0 Å². The van der Waals surface area contributed by atoms with Gasteiger partial charge >= 0.3 is 0 Å². The molecular formula is C14H17ClN2O. The van der Waals surface area contributed by atoms with Crippen molar-refractivity contribution in [3.8, 4) is 0 Å². The summed E-state index contributed by atoms with van der Waals surface area (Å²) in [6, 6.07) is 9.72. The quantitative estimate of drug-likeness (QED) is 0.921. The predicted octanol–water partition coefficient (Wildman–Crippen LogP) is 3.34. The SMILES string of the molecule is Cc1ccc(CN(C)c2ccc(Cl)cc2CN)o1. The van der Waals surface area contributed by atoms with Gasteiger partial charge in [-0.3, -0.25) is 0 Å². The van der Waals surface area contributed by atoms with Crippen LogP contribution in [0.5, 0.6) is 0 Å². The van der Waals surface area contributed by atoms with Gasteiger partial charge in [-0.05, 0) is 42.8 Å². The number of furan rings is 1. The van der Waals surface area contributed by atoms with Crippen LogP contribution in [0, 0.1) is 6.92 Å². The molecule has 0 amide bonds. The van der Waals surface area contributed by atoms with Crippen LogP contribution in [0.25, 0.3) is 0 Å². The average molecular weight is 265 g/mol. The van der Waals surface area contributed by atoms with E-state index in [0.29, 0.717) is 18.1 Å². The Morgan fingerprint density at radius 2 is 2.06 bits per heavy atom. The predicted molar refractivity (Wildman–Crippen MR) is 74.9 cm³/mol. The first kappa shape index (κ1) is 13.0. The third-order valence-corrected chi connectivity index (χ3v) is 3.10. The van der Waals surface area contributed by atoms with Gasteiger partial charge in [0, 0.05) is 24.3 Å². The zero-order valence-corrected chi connectivity index (χ0v) is 11.4. The number of aryl methyl sites for hydroxylation is 1. The molecule has 0 fully saturated rings. The number of halogens is 1. The van der Waals surface area contributed by atoms with Crippen molar-refractivity contribution in [3.05, 3.63) is 52.4 Å². The van der Waals surface area contributed by atoms with Crippen molar-refractivity contribution < 1.29 is 4.42 Å². The summed E-state index contributed by atoms with van der Waals surface area (Å²) in [5.74, 6) is 1.86. The van der Waals surface area contributed by atoms with Gasteiger partial charge in [-0.15, -0.1) is 0 Å². The molecule has 0 saturated heterocycles. The molecule has 1 aromatic heterocycles. The first-order valence-electron chi connectivity index (χ1n) is 5.85. The average Bonchev–Trinajstić information content (AvgIpc) is 2.74. The lowest BCUT2D eigenvalue weighted by atomic mass is 10.1. The first-order valence-corrected chi connectivity index (χ1v) is 6.23. The number of anilines is 1. The molecule has 96 valence electrons. The van der Waals surface area contributed by atoms with Gasteiger partial charge in [-0.2, -0.15) is 0 Å². The van der Waals surface area contributed by atoms with Crippen LogP contribution in [-0.4, -0.2) is 7.05 Å². The molecule has 0 saturated carbocycles. The number of benzene rings is 1. The van der Waals surface area contributed by atoms with Crippen molar-refractivity contribution in [2.24, 2.45) is 5.73 Å². The van der Waals surface area contributed by atoms with Crippen molar-refractivity contribution in [1.29, 1.82) is 0 Å². The Morgan fingerprint density at radius 3 is 2.67 bits per heavy atom. The van der Waals surface area contributed by atoms with Crippen LogP contribution in [0.1, 0.15) is 17.1 Å². The number of hydrogen-bond donors (Lipinski definition) is 1. The Bertz CT molecular complexity index is 536. The lowest BCUT2D eigenvalue weighted by Gasteiger charge is -2.21. The third-order valence-electron chi connectivity index (χ3n) is 2.86. The summed E-state index contributed by atoms with van der Waals surface area (Å²) in [4.78, 5) is 2.11. The fraction of sp³-hybridized carbons (Fsp3) is 0.286. The molecule has 0 aliphatic carbocycles. The molecule has 18 heavy (non-hydrogen) atoms. The topological polar surface area (TPSA) is 42.4 Å². The summed E-state index contributed by atoms with van der Waals surface area (Å²) in [6.07, 6.45) is 0. The molecule has 0 unspecified atom stereocenters. The van der Waals surface area contributed by atoms with E-state index in [9.17, 15) is 0 Å². The van der Waals surface area contributed by atoms with E-state index in [2.05, 4.69) is 4.90 Å². The van der Waals surface area contributed by atoms with E-state index in [1.807, 2.05) is 44.3 Å². The van der Waals surface area contributed by atoms with Crippen molar-refractivity contribution in [2.45, 2.75) is 20.0 Å². The monoisotopic (exact) mass is 264 g/mol. The molecule has 0 aliphatic rings. The Balaban J connectivity index is 2.20. The van der Waals surface area contributed by atoms with Crippen LogP contribution in [0.4, 0.5) is 5.69 Å². The number of nitrogens with zero attached hydrogens (tertiary/aromatic N) is 1. The summed E-state index contributed by atoms with van der Waals surface area (Å²) in [5.41, 5.74) is 7.86. The van der Waals surface area contributed by atoms with Crippen LogP contribution in [0.15, 0.2) is 34.7 Å². The number of nitrogens with two attached hydrogens (primary N) is 1. The highest BCUT2D eigenvalue weighted by Crippen LogP contribution is 2.24. The lowest BCUT2D eigenvalue weighted by molar-refractivity contribution is 0.481. The maximum Gasteiger partial charge on any atom is 0.123 e. The van der Waals surface area contributed by atoms with E-state index in [4.69, 9.17) is 21.8 Å². The van der Waals surface area contributed by atoms with Crippen LogP contribution < -0.4 is 10.6 Å². The fourth-order valence-corrected chi connectivity index (χ4v) is 2.17. The standard InChI is InChI=1S/C14H17ClN2O/c1-10-3-5-13(18-10)9-17(2)14-6-4-12(15)7-11(14)8-16/h3-7H,8-9,16H2,1-2H3. The smallest absolute Gasteiger partial charge is 0.123 e. The molecular weight excluding hydrogens is 248 g/mol. The first-order chi connectivity index (χ1) is 8.60. The summed E-state index contributed by atoms with van der Waals surface area (Å²) in [5, 5.41) is 0.710. The van der Waals surface area contributed by atoms with E-state index in [0.717, 1.165) is 22.8 Å². The number of rotatable bonds is 4. The second-order valence-electron chi connectivity index (χ2n) is 4.35. The molecule has 2 rings (SSSR count). The van der Waals surface area contributed by atoms with E-state index in [1.54, 1.807) is 0 Å². The minimum atomic E-state index is 0.470.